The van der Waals surface area contributed by atoms with Crippen LogP contribution in [0.2, 0.25) is 0 Å². The zero-order valence-electron chi connectivity index (χ0n) is 45.5. The van der Waals surface area contributed by atoms with Gasteiger partial charge in [-0.25, -0.2) is 0 Å². The van der Waals surface area contributed by atoms with Crippen molar-refractivity contribution in [3.8, 4) is 0 Å². The number of hydrogen-bond donors (Lipinski definition) is 0. The Bertz CT molecular complexity index is 1500. The molecule has 0 spiro atoms. The van der Waals surface area contributed by atoms with Gasteiger partial charge in [0.1, 0.15) is 0 Å². The van der Waals surface area contributed by atoms with E-state index in [1.807, 2.05) is 0 Å². The minimum absolute atomic E-state index is 0.989. The molecule has 2 nitrogen and oxygen atoms in total. The van der Waals surface area contributed by atoms with Crippen molar-refractivity contribution in [1.82, 2.24) is 0 Å². The van der Waals surface area contributed by atoms with Crippen LogP contribution in [-0.2, 0) is 45.1 Å². The number of rotatable bonds is 46. The third-order valence-corrected chi connectivity index (χ3v) is 14.9. The predicted octanol–water partition coefficient (Wildman–Crippen LogP) is 21.7. The molecule has 0 fully saturated rings. The van der Waals surface area contributed by atoms with Crippen molar-refractivity contribution in [3.63, 3.8) is 0 Å². The number of aliphatic imine (C=N–C) groups is 1. The van der Waals surface area contributed by atoms with E-state index in [9.17, 15) is 0 Å². The van der Waals surface area contributed by atoms with Crippen LogP contribution in [0.15, 0.2) is 53.5 Å². The van der Waals surface area contributed by atoms with Crippen LogP contribution in [-0.4, -0.2) is 14.6 Å². The zero-order valence-corrected chi connectivity index (χ0v) is 47.1. The quantitative estimate of drug-likeness (QED) is 0.0357. The molecule has 0 heterocycles. The molecule has 0 aromatic heterocycles. The van der Waals surface area contributed by atoms with Gasteiger partial charge in [0, 0.05) is 0 Å². The van der Waals surface area contributed by atoms with Crippen LogP contribution < -0.4 is 0 Å². The summed E-state index contributed by atoms with van der Waals surface area (Å²) in [6, 6.07) is 14.6. The Morgan fingerprint density at radius 2 is 0.701 bits per heavy atom. The molecule has 67 heavy (non-hydrogen) atoms. The standard InChI is InChI=1S/C64H110N2.Pd/c1-7-13-19-20-21-22-23-24-25-26-27-28-29-30-31-32-33-34-35-36-37-38-39-40-41-42-44-50-64(66-62-55-59(47-17-11-5)52-60(56-62)48-18-12-6)63(49-43-14-8-2)65-61-53-57(45-15-9-3)51-58(54-61)46-16-10-4;/h44,50-56H,7-43,45-49H2,1-6H3;/q;+1. The first-order chi connectivity index (χ1) is 33.0. The molecule has 2 rings (SSSR count). The van der Waals surface area contributed by atoms with Crippen LogP contribution in [0.25, 0.3) is 0 Å². The van der Waals surface area contributed by atoms with Crippen molar-refractivity contribution in [1.29, 1.82) is 0 Å². The van der Waals surface area contributed by atoms with E-state index in [0.29, 0.717) is 0 Å². The Labute approximate surface area is 430 Å². The Balaban J connectivity index is 1.96. The Hall–Kier alpha value is -1.82. The van der Waals surface area contributed by atoms with Crippen LogP contribution in [0.4, 0.5) is 11.4 Å². The molecule has 0 N–H and O–H groups in total. The van der Waals surface area contributed by atoms with E-state index in [1.54, 1.807) is 0 Å². The van der Waals surface area contributed by atoms with E-state index < -0.39 is 0 Å². The van der Waals surface area contributed by atoms with Crippen LogP contribution in [0.3, 0.4) is 0 Å². The third-order valence-electron chi connectivity index (χ3n) is 14.1. The van der Waals surface area contributed by atoms with Gasteiger partial charge in [-0.2, -0.15) is 0 Å². The molecule has 0 bridgehead atoms. The number of allylic oxidation sites excluding steroid dienone is 2. The average Bonchev–Trinajstić information content (AvgIpc) is 3.34. The summed E-state index contributed by atoms with van der Waals surface area (Å²) in [5.74, 6) is 0. The molecular formula is C64H110N2Pd+. The van der Waals surface area contributed by atoms with Crippen molar-refractivity contribution in [2.75, 3.05) is 0 Å². The molecule has 385 valence electrons. The van der Waals surface area contributed by atoms with Crippen molar-refractivity contribution in [2.24, 2.45) is 4.99 Å². The van der Waals surface area contributed by atoms with Gasteiger partial charge in [0.15, 0.2) is 0 Å². The van der Waals surface area contributed by atoms with E-state index in [-0.39, 0.29) is 0 Å². The average molecular weight is 1010 g/mol. The van der Waals surface area contributed by atoms with Crippen molar-refractivity contribution >= 4 is 22.8 Å². The van der Waals surface area contributed by atoms with Crippen molar-refractivity contribution in [2.45, 2.75) is 311 Å². The Morgan fingerprint density at radius 3 is 1.06 bits per heavy atom. The van der Waals surface area contributed by atoms with Gasteiger partial charge in [-0.15, -0.1) is 0 Å². The molecule has 2 aromatic rings. The van der Waals surface area contributed by atoms with Crippen LogP contribution in [0.5, 0.6) is 0 Å². The van der Waals surface area contributed by atoms with Crippen LogP contribution in [0, 0.1) is 0 Å². The summed E-state index contributed by atoms with van der Waals surface area (Å²) in [6.07, 6.45) is 60.9. The molecule has 0 aliphatic heterocycles. The first kappa shape index (κ1) is 61.3. The van der Waals surface area contributed by atoms with Crippen molar-refractivity contribution < 1.29 is 22.7 Å². The molecule has 2 aromatic carbocycles. The first-order valence-corrected chi connectivity index (χ1v) is 30.5. The number of aryl methyl sites for hydroxylation is 4. The topological polar surface area (TPSA) is 15.4 Å². The fourth-order valence-electron chi connectivity index (χ4n) is 9.69. The molecule has 0 amide bonds. The number of unbranched alkanes of at least 4 members (excludes halogenated alkanes) is 31. The summed E-state index contributed by atoms with van der Waals surface area (Å²) in [4.78, 5) is 5.64. The molecule has 0 saturated heterocycles. The molecule has 0 aliphatic carbocycles. The number of nitrogens with zero attached hydrogens (tertiary/aromatic N) is 2. The van der Waals surface area contributed by atoms with Gasteiger partial charge < -0.3 is 0 Å². The summed E-state index contributed by atoms with van der Waals surface area (Å²) in [5.41, 5.74) is 10.7. The van der Waals surface area contributed by atoms with Crippen LogP contribution >= 0.6 is 0 Å². The predicted molar refractivity (Wildman–Crippen MR) is 298 cm³/mol. The van der Waals surface area contributed by atoms with Crippen molar-refractivity contribution in [3.05, 3.63) is 70.8 Å². The molecule has 3 heteroatoms. The van der Waals surface area contributed by atoms with Gasteiger partial charge in [-0.05, 0) is 0 Å². The van der Waals surface area contributed by atoms with Gasteiger partial charge in [0.05, 0.1) is 0 Å². The fourth-order valence-corrected chi connectivity index (χ4v) is 10.2. The normalized spacial score (nSPS) is 12.5. The van der Waals surface area contributed by atoms with E-state index in [4.69, 9.17) is 4.99 Å². The fraction of sp³-hybridized carbons (Fsp3) is 0.750. The van der Waals surface area contributed by atoms with Gasteiger partial charge in [0.25, 0.3) is 0 Å². The molecule has 0 aliphatic rings. The maximum absolute atomic E-state index is 5.64. The SMILES string of the molecule is CCCCCCCCCCCCCCCCCCCCCCCCCCCC=CC(C(CCCCC)=Nc1cc(CCCC)cc(CCCC)c1)=[N+]([Pd])c1cc(CCCC)cc(CCCC)c1. The number of benzene rings is 2. The second kappa shape index (κ2) is 44.1. The molecule has 0 atom stereocenters. The van der Waals surface area contributed by atoms with Gasteiger partial charge in [0.2, 0.25) is 0 Å². The monoisotopic (exact) mass is 1010 g/mol. The minimum atomic E-state index is 0.989. The zero-order chi connectivity index (χ0) is 48.3. The molecule has 0 radical (unpaired) electrons. The maximum atomic E-state index is 5.64. The van der Waals surface area contributed by atoms with Gasteiger partial charge in [-0.3, -0.25) is 0 Å². The van der Waals surface area contributed by atoms with Crippen LogP contribution in [0.1, 0.15) is 308 Å². The first-order valence-electron chi connectivity index (χ1n) is 29.8. The second-order valence-electron chi connectivity index (χ2n) is 20.8. The third kappa shape index (κ3) is 31.9. The molecule has 0 unspecified atom stereocenters. The van der Waals surface area contributed by atoms with Gasteiger partial charge in [-0.1, -0.05) is 122 Å². The summed E-state index contributed by atoms with van der Waals surface area (Å²) in [6.45, 7) is 13.9. The number of hydrogen-bond acceptors (Lipinski definition) is 1. The summed E-state index contributed by atoms with van der Waals surface area (Å²) in [7, 11) is 0. The van der Waals surface area contributed by atoms with E-state index in [1.165, 1.54) is 264 Å². The Kier molecular flexibility index (Phi) is 40.4. The van der Waals surface area contributed by atoms with E-state index >= 15 is 0 Å². The Morgan fingerprint density at radius 1 is 0.388 bits per heavy atom. The molecule has 0 saturated carbocycles. The van der Waals surface area contributed by atoms with Gasteiger partial charge >= 0.3 is 310 Å². The van der Waals surface area contributed by atoms with E-state index in [2.05, 4.69) is 113 Å². The second-order valence-corrected chi connectivity index (χ2v) is 21.5. The molecular weight excluding hydrogens is 903 g/mol. The van der Waals surface area contributed by atoms with E-state index in [0.717, 1.165) is 50.6 Å². The summed E-state index contributed by atoms with van der Waals surface area (Å²) in [5, 5.41) is 0. The summed E-state index contributed by atoms with van der Waals surface area (Å²) >= 11 is 3.83. The summed E-state index contributed by atoms with van der Waals surface area (Å²) < 4.78 is 2.36.